The van der Waals surface area contributed by atoms with Gasteiger partial charge in [0.15, 0.2) is 5.82 Å². The van der Waals surface area contributed by atoms with Gasteiger partial charge in [-0.05, 0) is 45.4 Å². The van der Waals surface area contributed by atoms with Crippen LogP contribution in [0.5, 0.6) is 0 Å². The summed E-state index contributed by atoms with van der Waals surface area (Å²) in [7, 11) is 0. The van der Waals surface area contributed by atoms with Crippen molar-refractivity contribution in [2.45, 2.75) is 33.1 Å². The molecule has 8 nitrogen and oxygen atoms in total. The fraction of sp³-hybridized carbons (Fsp3) is 0.263. The SMILES string of the molecule is Cc1cc(Nc2cc(C)[nH]n2)nc(C(C)(C)c2ccc3c(=O)[nH][nH]c3c2)n1. The summed E-state index contributed by atoms with van der Waals surface area (Å²) in [6.07, 6.45) is 0. The van der Waals surface area contributed by atoms with Gasteiger partial charge in [-0.1, -0.05) is 6.07 Å². The molecule has 0 saturated carbocycles. The summed E-state index contributed by atoms with van der Waals surface area (Å²) in [4.78, 5) is 21.1. The van der Waals surface area contributed by atoms with Crippen LogP contribution in [0, 0.1) is 13.8 Å². The molecule has 0 bridgehead atoms. The molecule has 0 fully saturated rings. The molecule has 0 amide bonds. The second-order valence-corrected chi connectivity index (χ2v) is 7.24. The summed E-state index contributed by atoms with van der Waals surface area (Å²) >= 11 is 0. The number of hydrogen-bond donors (Lipinski definition) is 4. The van der Waals surface area contributed by atoms with Gasteiger partial charge in [-0.3, -0.25) is 20.1 Å². The molecule has 0 aliphatic rings. The number of anilines is 2. The fourth-order valence-corrected chi connectivity index (χ4v) is 3.08. The number of rotatable bonds is 4. The Morgan fingerprint density at radius 1 is 1.00 bits per heavy atom. The Hall–Kier alpha value is -3.42. The van der Waals surface area contributed by atoms with E-state index in [2.05, 4.69) is 44.5 Å². The summed E-state index contributed by atoms with van der Waals surface area (Å²) < 4.78 is 0. The number of aryl methyl sites for hydroxylation is 2. The van der Waals surface area contributed by atoms with Gasteiger partial charge in [0.1, 0.15) is 11.6 Å². The van der Waals surface area contributed by atoms with E-state index in [1.807, 2.05) is 44.2 Å². The van der Waals surface area contributed by atoms with E-state index in [-0.39, 0.29) is 5.56 Å². The minimum absolute atomic E-state index is 0.123. The Bertz CT molecular complexity index is 1180. The number of hydrogen-bond acceptors (Lipinski definition) is 5. The third kappa shape index (κ3) is 3.10. The van der Waals surface area contributed by atoms with Gasteiger partial charge < -0.3 is 5.32 Å². The van der Waals surface area contributed by atoms with E-state index in [9.17, 15) is 4.79 Å². The van der Waals surface area contributed by atoms with E-state index in [1.54, 1.807) is 0 Å². The van der Waals surface area contributed by atoms with Crippen molar-refractivity contribution in [3.05, 3.63) is 63.5 Å². The molecule has 4 N–H and O–H groups in total. The van der Waals surface area contributed by atoms with Crippen molar-refractivity contribution in [3.8, 4) is 0 Å². The summed E-state index contributed by atoms with van der Waals surface area (Å²) in [6.45, 7) is 8.01. The molecule has 0 radical (unpaired) electrons. The Labute approximate surface area is 155 Å². The smallest absolute Gasteiger partial charge is 0.271 e. The summed E-state index contributed by atoms with van der Waals surface area (Å²) in [5.41, 5.74) is 3.03. The maximum Gasteiger partial charge on any atom is 0.271 e. The monoisotopic (exact) mass is 363 g/mol. The first-order valence-electron chi connectivity index (χ1n) is 8.69. The maximum atomic E-state index is 11.7. The molecule has 0 atom stereocenters. The van der Waals surface area contributed by atoms with Crippen molar-refractivity contribution in [1.29, 1.82) is 0 Å². The van der Waals surface area contributed by atoms with Crippen LogP contribution in [0.4, 0.5) is 11.6 Å². The molecule has 0 spiro atoms. The van der Waals surface area contributed by atoms with Crippen molar-refractivity contribution >= 4 is 22.5 Å². The third-order valence-electron chi connectivity index (χ3n) is 4.67. The zero-order valence-electron chi connectivity index (χ0n) is 15.6. The molecule has 3 aromatic heterocycles. The molecule has 3 heterocycles. The van der Waals surface area contributed by atoms with Crippen LogP contribution in [0.15, 0.2) is 35.1 Å². The van der Waals surface area contributed by atoms with Crippen LogP contribution in [0.1, 0.15) is 36.6 Å². The van der Waals surface area contributed by atoms with E-state index in [4.69, 9.17) is 4.98 Å². The van der Waals surface area contributed by atoms with Gasteiger partial charge in [-0.2, -0.15) is 5.10 Å². The van der Waals surface area contributed by atoms with Gasteiger partial charge in [0.2, 0.25) is 0 Å². The molecule has 1 aromatic carbocycles. The van der Waals surface area contributed by atoms with E-state index in [0.29, 0.717) is 22.8 Å². The Morgan fingerprint density at radius 2 is 1.81 bits per heavy atom. The summed E-state index contributed by atoms with van der Waals surface area (Å²) in [5.74, 6) is 2.09. The topological polar surface area (TPSA) is 115 Å². The van der Waals surface area contributed by atoms with Crippen LogP contribution >= 0.6 is 0 Å². The molecule has 8 heteroatoms. The van der Waals surface area contributed by atoms with Gasteiger partial charge in [-0.25, -0.2) is 9.97 Å². The second kappa shape index (κ2) is 6.08. The first kappa shape index (κ1) is 17.0. The first-order valence-corrected chi connectivity index (χ1v) is 8.69. The standard InChI is InChI=1S/C19H21N7O/c1-10-7-15(21-16-8-11(2)23-25-16)22-18(20-10)19(3,4)12-5-6-13-14(9-12)24-26-17(13)27/h5-9H,1-4H3,(H2,24,26,27)(H2,20,21,22,23,25). The molecule has 138 valence electrons. The highest BCUT2D eigenvalue weighted by Gasteiger charge is 2.28. The molecule has 0 unspecified atom stereocenters. The summed E-state index contributed by atoms with van der Waals surface area (Å²) in [5, 5.41) is 16.5. The second-order valence-electron chi connectivity index (χ2n) is 7.24. The predicted octanol–water partition coefficient (Wildman–Crippen LogP) is 3.06. The summed E-state index contributed by atoms with van der Waals surface area (Å²) in [6, 6.07) is 9.53. The lowest BCUT2D eigenvalue weighted by Gasteiger charge is -2.24. The first-order chi connectivity index (χ1) is 12.8. The van der Waals surface area contributed by atoms with E-state index in [1.165, 1.54) is 0 Å². The van der Waals surface area contributed by atoms with Crippen LogP contribution in [0.25, 0.3) is 10.9 Å². The fourth-order valence-electron chi connectivity index (χ4n) is 3.08. The van der Waals surface area contributed by atoms with E-state index >= 15 is 0 Å². The van der Waals surface area contributed by atoms with Gasteiger partial charge >= 0.3 is 0 Å². The molecule has 0 aliphatic carbocycles. The number of aromatic amines is 3. The van der Waals surface area contributed by atoms with E-state index < -0.39 is 5.41 Å². The molecule has 0 saturated heterocycles. The van der Waals surface area contributed by atoms with E-state index in [0.717, 1.165) is 22.5 Å². The number of H-pyrrole nitrogens is 3. The molecular formula is C19H21N7O. The normalized spacial score (nSPS) is 11.9. The van der Waals surface area contributed by atoms with Crippen LogP contribution in [0.3, 0.4) is 0 Å². The van der Waals surface area contributed by atoms with Gasteiger partial charge in [0.05, 0.1) is 10.9 Å². The third-order valence-corrected chi connectivity index (χ3v) is 4.67. The predicted molar refractivity (Wildman–Crippen MR) is 104 cm³/mol. The average Bonchev–Trinajstić information content (AvgIpc) is 3.20. The molecule has 4 aromatic rings. The zero-order valence-corrected chi connectivity index (χ0v) is 15.6. The lowest BCUT2D eigenvalue weighted by molar-refractivity contribution is 0.589. The molecule has 0 aliphatic heterocycles. The average molecular weight is 363 g/mol. The minimum atomic E-state index is -0.452. The number of fused-ring (bicyclic) bond motifs is 1. The van der Waals surface area contributed by atoms with Gasteiger partial charge in [-0.15, -0.1) is 0 Å². The van der Waals surface area contributed by atoms with Crippen molar-refractivity contribution in [3.63, 3.8) is 0 Å². The lowest BCUT2D eigenvalue weighted by atomic mass is 9.83. The number of aromatic nitrogens is 6. The highest BCUT2D eigenvalue weighted by atomic mass is 16.1. The molecular weight excluding hydrogens is 342 g/mol. The maximum absolute atomic E-state index is 11.7. The van der Waals surface area contributed by atoms with Gasteiger partial charge in [0.25, 0.3) is 5.56 Å². The van der Waals surface area contributed by atoms with Crippen molar-refractivity contribution in [2.75, 3.05) is 5.32 Å². The van der Waals surface area contributed by atoms with Crippen LogP contribution < -0.4 is 10.9 Å². The quantitative estimate of drug-likeness (QED) is 0.445. The molecule has 27 heavy (non-hydrogen) atoms. The zero-order chi connectivity index (χ0) is 19.2. The van der Waals surface area contributed by atoms with Crippen LogP contribution in [-0.4, -0.2) is 30.4 Å². The Kier molecular flexibility index (Phi) is 3.83. The number of benzene rings is 1. The number of nitrogens with zero attached hydrogens (tertiary/aromatic N) is 3. The highest BCUT2D eigenvalue weighted by molar-refractivity contribution is 5.78. The Balaban J connectivity index is 1.74. The lowest BCUT2D eigenvalue weighted by Crippen LogP contribution is -2.23. The highest BCUT2D eigenvalue weighted by Crippen LogP contribution is 2.31. The van der Waals surface area contributed by atoms with Crippen LogP contribution in [-0.2, 0) is 5.41 Å². The van der Waals surface area contributed by atoms with Crippen molar-refractivity contribution in [2.24, 2.45) is 0 Å². The van der Waals surface area contributed by atoms with Crippen LogP contribution in [0.2, 0.25) is 0 Å². The largest absolute Gasteiger partial charge is 0.323 e. The van der Waals surface area contributed by atoms with Crippen molar-refractivity contribution < 1.29 is 0 Å². The number of nitrogens with one attached hydrogen (secondary N) is 4. The van der Waals surface area contributed by atoms with Gasteiger partial charge in [0, 0.05) is 28.9 Å². The molecule has 4 rings (SSSR count). The Morgan fingerprint density at radius 3 is 2.56 bits per heavy atom. The minimum Gasteiger partial charge on any atom is -0.323 e. The van der Waals surface area contributed by atoms with Crippen molar-refractivity contribution in [1.82, 2.24) is 30.4 Å².